The summed E-state index contributed by atoms with van der Waals surface area (Å²) in [5.74, 6) is 0. The second-order valence-corrected chi connectivity index (χ2v) is 5.54. The van der Waals surface area contributed by atoms with Crippen molar-refractivity contribution in [3.05, 3.63) is 35.9 Å². The Morgan fingerprint density at radius 3 is 2.67 bits per heavy atom. The van der Waals surface area contributed by atoms with Gasteiger partial charge in [-0.3, -0.25) is 4.99 Å². The molecule has 1 nitrogen and oxygen atoms in total. The highest BCUT2D eigenvalue weighted by atomic mass is 32.2. The molecular weight excluding hydrogens is 202 g/mol. The van der Waals surface area contributed by atoms with Crippen molar-refractivity contribution in [2.75, 3.05) is 0 Å². The van der Waals surface area contributed by atoms with E-state index in [0.29, 0.717) is 6.04 Å². The quantitative estimate of drug-likeness (QED) is 0.701. The lowest BCUT2D eigenvalue weighted by Gasteiger charge is -2.21. The number of fused-ring (bicyclic) bond motifs is 1. The molecule has 1 aliphatic heterocycles. The Hall–Kier alpha value is -0.760. The minimum atomic E-state index is 0.610. The van der Waals surface area contributed by atoms with Crippen molar-refractivity contribution >= 4 is 16.8 Å². The molecule has 0 saturated heterocycles. The van der Waals surface area contributed by atoms with Crippen LogP contribution in [0.3, 0.4) is 0 Å². The van der Waals surface area contributed by atoms with E-state index in [1.54, 1.807) is 0 Å². The number of nitrogens with zero attached hydrogens (tertiary/aromatic N) is 1. The Kier molecular flexibility index (Phi) is 2.53. The van der Waals surface area contributed by atoms with Gasteiger partial charge in [-0.05, 0) is 12.8 Å². The summed E-state index contributed by atoms with van der Waals surface area (Å²) >= 11 is 2.00. The van der Waals surface area contributed by atoms with E-state index in [1.807, 2.05) is 11.8 Å². The molecule has 78 valence electrons. The first-order valence-electron chi connectivity index (χ1n) is 5.73. The summed E-state index contributed by atoms with van der Waals surface area (Å²) in [5.41, 5.74) is 1.30. The van der Waals surface area contributed by atoms with Crippen LogP contribution in [-0.4, -0.2) is 16.3 Å². The van der Waals surface area contributed by atoms with E-state index in [2.05, 4.69) is 30.3 Å². The molecule has 1 fully saturated rings. The smallest absolute Gasteiger partial charge is 0.0984 e. The zero-order valence-electron chi connectivity index (χ0n) is 8.73. The van der Waals surface area contributed by atoms with Crippen molar-refractivity contribution < 1.29 is 0 Å². The zero-order valence-corrected chi connectivity index (χ0v) is 9.54. The molecule has 0 N–H and O–H groups in total. The van der Waals surface area contributed by atoms with Gasteiger partial charge in [0.1, 0.15) is 0 Å². The van der Waals surface area contributed by atoms with E-state index >= 15 is 0 Å². The maximum Gasteiger partial charge on any atom is 0.0984 e. The molecule has 2 atom stereocenters. The lowest BCUT2D eigenvalue weighted by atomic mass is 9.95. The topological polar surface area (TPSA) is 12.4 Å². The minimum absolute atomic E-state index is 0.610. The van der Waals surface area contributed by atoms with Gasteiger partial charge >= 0.3 is 0 Å². The van der Waals surface area contributed by atoms with Crippen LogP contribution in [0.5, 0.6) is 0 Å². The van der Waals surface area contributed by atoms with Gasteiger partial charge in [0.2, 0.25) is 0 Å². The average molecular weight is 217 g/mol. The van der Waals surface area contributed by atoms with Crippen LogP contribution < -0.4 is 0 Å². The fraction of sp³-hybridized carbons (Fsp3) is 0.462. The van der Waals surface area contributed by atoms with Crippen LogP contribution in [0, 0.1) is 0 Å². The highest BCUT2D eigenvalue weighted by Gasteiger charge is 2.32. The first kappa shape index (κ1) is 9.46. The summed E-state index contributed by atoms with van der Waals surface area (Å²) in [4.78, 5) is 4.86. The monoisotopic (exact) mass is 217 g/mol. The fourth-order valence-corrected chi connectivity index (χ4v) is 3.80. The second-order valence-electron chi connectivity index (χ2n) is 4.31. The number of benzene rings is 1. The molecule has 1 heterocycles. The average Bonchev–Trinajstić information content (AvgIpc) is 2.74. The predicted octanol–water partition coefficient (Wildman–Crippen LogP) is 3.49. The number of aliphatic imine (C=N–C) groups is 1. The summed E-state index contributed by atoms with van der Waals surface area (Å²) in [7, 11) is 0. The summed E-state index contributed by atoms with van der Waals surface area (Å²) in [6.07, 6.45) is 5.42. The van der Waals surface area contributed by atoms with Gasteiger partial charge in [-0.15, -0.1) is 11.8 Å². The molecule has 3 rings (SSSR count). The summed E-state index contributed by atoms with van der Waals surface area (Å²) in [6, 6.07) is 11.2. The molecule has 15 heavy (non-hydrogen) atoms. The van der Waals surface area contributed by atoms with Crippen molar-refractivity contribution in [2.24, 2.45) is 4.99 Å². The fourth-order valence-electron chi connectivity index (χ4n) is 2.41. The van der Waals surface area contributed by atoms with Gasteiger partial charge in [-0.25, -0.2) is 0 Å². The van der Waals surface area contributed by atoms with Gasteiger partial charge in [-0.2, -0.15) is 0 Å². The van der Waals surface area contributed by atoms with Crippen molar-refractivity contribution in [3.8, 4) is 0 Å². The highest BCUT2D eigenvalue weighted by molar-refractivity contribution is 8.15. The molecule has 0 bridgehead atoms. The highest BCUT2D eigenvalue weighted by Crippen LogP contribution is 2.38. The molecule has 1 aromatic rings. The Bertz CT molecular complexity index is 371. The van der Waals surface area contributed by atoms with E-state index in [4.69, 9.17) is 4.99 Å². The third-order valence-corrected chi connectivity index (χ3v) is 4.65. The van der Waals surface area contributed by atoms with Crippen LogP contribution in [0.1, 0.15) is 31.2 Å². The van der Waals surface area contributed by atoms with Crippen LogP contribution in [-0.2, 0) is 0 Å². The second kappa shape index (κ2) is 4.01. The third-order valence-electron chi connectivity index (χ3n) is 3.23. The Balaban J connectivity index is 1.84. The maximum atomic E-state index is 4.86. The zero-order chi connectivity index (χ0) is 10.1. The molecule has 2 heteroatoms. The largest absolute Gasteiger partial charge is 0.273 e. The summed E-state index contributed by atoms with van der Waals surface area (Å²) in [6.45, 7) is 0. The van der Waals surface area contributed by atoms with Gasteiger partial charge < -0.3 is 0 Å². The Morgan fingerprint density at radius 2 is 1.87 bits per heavy atom. The number of hydrogen-bond donors (Lipinski definition) is 0. The molecule has 2 aliphatic rings. The number of rotatable bonds is 1. The van der Waals surface area contributed by atoms with Gasteiger partial charge in [0.25, 0.3) is 0 Å². The van der Waals surface area contributed by atoms with Crippen LogP contribution in [0.15, 0.2) is 35.3 Å². The van der Waals surface area contributed by atoms with E-state index in [1.165, 1.54) is 36.3 Å². The van der Waals surface area contributed by atoms with E-state index in [-0.39, 0.29) is 0 Å². The normalized spacial score (nSPS) is 29.7. The lowest BCUT2D eigenvalue weighted by molar-refractivity contribution is 0.462. The first-order valence-corrected chi connectivity index (χ1v) is 6.61. The van der Waals surface area contributed by atoms with Gasteiger partial charge in [0.15, 0.2) is 0 Å². The molecule has 1 aliphatic carbocycles. The molecule has 0 unspecified atom stereocenters. The molecule has 0 amide bonds. The Morgan fingerprint density at radius 1 is 1.07 bits per heavy atom. The van der Waals surface area contributed by atoms with Crippen LogP contribution >= 0.6 is 11.8 Å². The standard InChI is InChI=1S/C13H15NS/c1-2-6-10(7-3-1)13-14-11-8-4-5-9-12(11)15-13/h1-3,6-7,11-12H,4-5,8-9H2/t11-,12-/m1/s1. The van der Waals surface area contributed by atoms with E-state index in [9.17, 15) is 0 Å². The van der Waals surface area contributed by atoms with Crippen LogP contribution in [0.25, 0.3) is 0 Å². The van der Waals surface area contributed by atoms with Gasteiger partial charge in [0.05, 0.1) is 11.1 Å². The van der Waals surface area contributed by atoms with Crippen molar-refractivity contribution in [3.63, 3.8) is 0 Å². The summed E-state index contributed by atoms with van der Waals surface area (Å²) in [5, 5.41) is 2.04. The predicted molar refractivity (Wildman–Crippen MR) is 66.6 cm³/mol. The molecule has 0 aromatic heterocycles. The Labute approximate surface area is 95.0 Å². The van der Waals surface area contributed by atoms with E-state index in [0.717, 1.165) is 5.25 Å². The van der Waals surface area contributed by atoms with Crippen LogP contribution in [0.2, 0.25) is 0 Å². The molecule has 1 aromatic carbocycles. The molecular formula is C13H15NS. The van der Waals surface area contributed by atoms with Gasteiger partial charge in [-0.1, -0.05) is 43.2 Å². The minimum Gasteiger partial charge on any atom is -0.273 e. The third kappa shape index (κ3) is 1.83. The van der Waals surface area contributed by atoms with Crippen molar-refractivity contribution in [1.29, 1.82) is 0 Å². The first-order chi connectivity index (χ1) is 7.43. The molecule has 1 saturated carbocycles. The maximum absolute atomic E-state index is 4.86. The van der Waals surface area contributed by atoms with E-state index < -0.39 is 0 Å². The van der Waals surface area contributed by atoms with Crippen molar-refractivity contribution in [2.45, 2.75) is 37.0 Å². The molecule has 0 spiro atoms. The number of thioether (sulfide) groups is 1. The van der Waals surface area contributed by atoms with Crippen LogP contribution in [0.4, 0.5) is 0 Å². The van der Waals surface area contributed by atoms with Crippen molar-refractivity contribution in [1.82, 2.24) is 0 Å². The van der Waals surface area contributed by atoms with Gasteiger partial charge in [0, 0.05) is 10.8 Å². The number of hydrogen-bond acceptors (Lipinski definition) is 2. The SMILES string of the molecule is c1ccc(C2=N[C@@H]3CCCC[C@H]3S2)cc1. The summed E-state index contributed by atoms with van der Waals surface area (Å²) < 4.78 is 0. The molecule has 0 radical (unpaired) electrons. The lowest BCUT2D eigenvalue weighted by Crippen LogP contribution is -2.21.